The Kier molecular flexibility index (Phi) is 6.12. The summed E-state index contributed by atoms with van der Waals surface area (Å²) in [4.78, 5) is 21.0. The van der Waals surface area contributed by atoms with Gasteiger partial charge in [-0.3, -0.25) is 0 Å². The summed E-state index contributed by atoms with van der Waals surface area (Å²) in [5.74, 6) is 1.32. The summed E-state index contributed by atoms with van der Waals surface area (Å²) in [7, 11) is 0. The molecule has 0 saturated heterocycles. The first kappa shape index (κ1) is 19.6. The lowest BCUT2D eigenvalue weighted by Gasteiger charge is -2.08. The molecule has 0 fully saturated rings. The van der Waals surface area contributed by atoms with E-state index in [1.165, 1.54) is 17.8 Å². The number of rotatable bonds is 6. The third kappa shape index (κ3) is 4.24. The van der Waals surface area contributed by atoms with Crippen molar-refractivity contribution in [2.24, 2.45) is 0 Å². The van der Waals surface area contributed by atoms with E-state index in [0.717, 1.165) is 17.0 Å². The SMILES string of the molecule is CCOC(=O)c1cc(C#N)c(SCc2nc(-c3ccccc3)oc2C)nc1C. The molecule has 0 saturated carbocycles. The molecule has 0 spiro atoms. The van der Waals surface area contributed by atoms with Gasteiger partial charge < -0.3 is 9.15 Å². The van der Waals surface area contributed by atoms with Gasteiger partial charge in [-0.05, 0) is 39.0 Å². The number of hydrogen-bond acceptors (Lipinski definition) is 7. The van der Waals surface area contributed by atoms with Crippen molar-refractivity contribution in [2.45, 2.75) is 31.6 Å². The molecule has 0 aliphatic rings. The molecule has 0 aliphatic heterocycles. The Labute approximate surface area is 167 Å². The largest absolute Gasteiger partial charge is 0.462 e. The highest BCUT2D eigenvalue weighted by molar-refractivity contribution is 7.98. The number of carbonyl (C=O) groups is 1. The third-order valence-electron chi connectivity index (χ3n) is 4.05. The molecule has 0 N–H and O–H groups in total. The molecule has 3 rings (SSSR count). The molecule has 28 heavy (non-hydrogen) atoms. The fourth-order valence-electron chi connectivity index (χ4n) is 2.59. The summed E-state index contributed by atoms with van der Waals surface area (Å²) in [6, 6.07) is 13.3. The monoisotopic (exact) mass is 393 g/mol. The summed E-state index contributed by atoms with van der Waals surface area (Å²) >= 11 is 1.39. The number of oxazole rings is 1. The highest BCUT2D eigenvalue weighted by atomic mass is 32.2. The fraction of sp³-hybridized carbons (Fsp3) is 0.238. The molecule has 0 atom stereocenters. The van der Waals surface area contributed by atoms with Crippen molar-refractivity contribution in [2.75, 3.05) is 6.61 Å². The van der Waals surface area contributed by atoms with E-state index in [-0.39, 0.29) is 6.61 Å². The highest BCUT2D eigenvalue weighted by Crippen LogP contribution is 2.29. The average Bonchev–Trinajstić information content (AvgIpc) is 3.08. The molecule has 142 valence electrons. The zero-order valence-electron chi connectivity index (χ0n) is 15.9. The fourth-order valence-corrected chi connectivity index (χ4v) is 3.59. The van der Waals surface area contributed by atoms with E-state index in [9.17, 15) is 10.1 Å². The maximum atomic E-state index is 12.0. The predicted molar refractivity (Wildman–Crippen MR) is 106 cm³/mol. The van der Waals surface area contributed by atoms with Crippen molar-refractivity contribution < 1.29 is 13.9 Å². The quantitative estimate of drug-likeness (QED) is 0.443. The van der Waals surface area contributed by atoms with Crippen LogP contribution in [0.5, 0.6) is 0 Å². The van der Waals surface area contributed by atoms with E-state index < -0.39 is 5.97 Å². The number of esters is 1. The molecule has 7 heteroatoms. The van der Waals surface area contributed by atoms with Crippen molar-refractivity contribution in [1.29, 1.82) is 5.26 Å². The lowest BCUT2D eigenvalue weighted by Crippen LogP contribution is -2.09. The summed E-state index contributed by atoms with van der Waals surface area (Å²) < 4.78 is 10.8. The maximum absolute atomic E-state index is 12.0. The van der Waals surface area contributed by atoms with E-state index in [1.807, 2.05) is 37.3 Å². The first-order chi connectivity index (χ1) is 13.5. The van der Waals surface area contributed by atoms with Crippen molar-refractivity contribution in [3.05, 3.63) is 64.7 Å². The van der Waals surface area contributed by atoms with Crippen LogP contribution >= 0.6 is 11.8 Å². The minimum Gasteiger partial charge on any atom is -0.462 e. The normalized spacial score (nSPS) is 10.5. The summed E-state index contributed by atoms with van der Waals surface area (Å²) in [6.07, 6.45) is 0. The maximum Gasteiger partial charge on any atom is 0.340 e. The molecule has 0 radical (unpaired) electrons. The van der Waals surface area contributed by atoms with Crippen molar-refractivity contribution in [1.82, 2.24) is 9.97 Å². The van der Waals surface area contributed by atoms with Gasteiger partial charge in [0.2, 0.25) is 5.89 Å². The highest BCUT2D eigenvalue weighted by Gasteiger charge is 2.18. The van der Waals surface area contributed by atoms with Crippen LogP contribution in [0, 0.1) is 25.2 Å². The van der Waals surface area contributed by atoms with Gasteiger partial charge >= 0.3 is 5.97 Å². The number of ether oxygens (including phenoxy) is 1. The van der Waals surface area contributed by atoms with Gasteiger partial charge in [0.25, 0.3) is 0 Å². The summed E-state index contributed by atoms with van der Waals surface area (Å²) in [5.41, 5.74) is 2.88. The van der Waals surface area contributed by atoms with Crippen LogP contribution in [0.1, 0.15) is 40.0 Å². The van der Waals surface area contributed by atoms with Crippen LogP contribution in [-0.2, 0) is 10.5 Å². The second-order valence-electron chi connectivity index (χ2n) is 5.98. The van der Waals surface area contributed by atoms with Gasteiger partial charge in [0.05, 0.1) is 29.1 Å². The van der Waals surface area contributed by atoms with Crippen molar-refractivity contribution >= 4 is 17.7 Å². The van der Waals surface area contributed by atoms with Gasteiger partial charge in [-0.15, -0.1) is 0 Å². The molecular formula is C21H19N3O3S. The minimum atomic E-state index is -0.472. The molecule has 2 heterocycles. The third-order valence-corrected chi connectivity index (χ3v) is 5.06. The molecule has 1 aromatic carbocycles. The van der Waals surface area contributed by atoms with Gasteiger partial charge in [-0.2, -0.15) is 5.26 Å². The summed E-state index contributed by atoms with van der Waals surface area (Å²) in [5, 5.41) is 10.0. The lowest BCUT2D eigenvalue weighted by molar-refractivity contribution is 0.0524. The number of aryl methyl sites for hydroxylation is 2. The van der Waals surface area contributed by atoms with Crippen molar-refractivity contribution in [3.63, 3.8) is 0 Å². The molecular weight excluding hydrogens is 374 g/mol. The van der Waals surface area contributed by atoms with E-state index >= 15 is 0 Å². The zero-order valence-corrected chi connectivity index (χ0v) is 16.7. The first-order valence-electron chi connectivity index (χ1n) is 8.76. The van der Waals surface area contributed by atoms with Gasteiger partial charge in [-0.1, -0.05) is 30.0 Å². The number of nitriles is 1. The van der Waals surface area contributed by atoms with Crippen molar-refractivity contribution in [3.8, 4) is 17.5 Å². The Bertz CT molecular complexity index is 1040. The van der Waals surface area contributed by atoms with Crippen LogP contribution in [0.25, 0.3) is 11.5 Å². The predicted octanol–water partition coefficient (Wildman–Crippen LogP) is 4.69. The van der Waals surface area contributed by atoms with E-state index in [4.69, 9.17) is 9.15 Å². The molecule has 0 unspecified atom stereocenters. The Morgan fingerprint density at radius 3 is 2.68 bits per heavy atom. The van der Waals surface area contributed by atoms with Crippen LogP contribution in [0.3, 0.4) is 0 Å². The van der Waals surface area contributed by atoms with Crippen LogP contribution < -0.4 is 0 Å². The van der Waals surface area contributed by atoms with Gasteiger partial charge in [-0.25, -0.2) is 14.8 Å². The second kappa shape index (κ2) is 8.72. The zero-order chi connectivity index (χ0) is 20.1. The Hall–Kier alpha value is -3.11. The van der Waals surface area contributed by atoms with Gasteiger partial charge in [0.1, 0.15) is 16.9 Å². The molecule has 6 nitrogen and oxygen atoms in total. The molecule has 2 aromatic heterocycles. The van der Waals surface area contributed by atoms with Crippen LogP contribution in [0.2, 0.25) is 0 Å². The number of carbonyl (C=O) groups excluding carboxylic acids is 1. The minimum absolute atomic E-state index is 0.270. The molecule has 3 aromatic rings. The Morgan fingerprint density at radius 2 is 2.00 bits per heavy atom. The Balaban J connectivity index is 1.81. The number of benzene rings is 1. The van der Waals surface area contributed by atoms with Gasteiger partial charge in [0.15, 0.2) is 0 Å². The smallest absolute Gasteiger partial charge is 0.340 e. The van der Waals surface area contributed by atoms with Gasteiger partial charge in [0, 0.05) is 11.3 Å². The number of thioether (sulfide) groups is 1. The lowest BCUT2D eigenvalue weighted by atomic mass is 10.1. The molecule has 0 aliphatic carbocycles. The van der Waals surface area contributed by atoms with E-state index in [2.05, 4.69) is 16.0 Å². The number of pyridine rings is 1. The topological polar surface area (TPSA) is 89.0 Å². The number of aromatic nitrogens is 2. The van der Waals surface area contributed by atoms with Crippen LogP contribution in [-0.4, -0.2) is 22.5 Å². The van der Waals surface area contributed by atoms with Crippen LogP contribution in [0.4, 0.5) is 0 Å². The Morgan fingerprint density at radius 1 is 1.25 bits per heavy atom. The second-order valence-corrected chi connectivity index (χ2v) is 6.95. The van der Waals surface area contributed by atoms with E-state index in [1.54, 1.807) is 13.8 Å². The summed E-state index contributed by atoms with van der Waals surface area (Å²) in [6.45, 7) is 5.60. The first-order valence-corrected chi connectivity index (χ1v) is 9.75. The van der Waals surface area contributed by atoms with E-state index in [0.29, 0.717) is 33.5 Å². The molecule has 0 bridgehead atoms. The molecule has 0 amide bonds. The van der Waals surface area contributed by atoms with Crippen LogP contribution in [0.15, 0.2) is 45.8 Å². The average molecular weight is 393 g/mol. The number of nitrogens with zero attached hydrogens (tertiary/aromatic N) is 3. The standard InChI is InChI=1S/C21H19N3O3S/c1-4-26-21(25)17-10-16(11-22)20(23-13(17)2)28-12-18-14(3)27-19(24-18)15-8-6-5-7-9-15/h5-10H,4,12H2,1-3H3. The number of hydrogen-bond donors (Lipinski definition) is 0.